The van der Waals surface area contributed by atoms with Gasteiger partial charge in [0.05, 0.1) is 5.75 Å². The maximum atomic E-state index is 11.7. The van der Waals surface area contributed by atoms with Crippen LogP contribution in [0.1, 0.15) is 5.69 Å². The Balaban J connectivity index is 1.85. The first-order valence-corrected chi connectivity index (χ1v) is 6.50. The zero-order chi connectivity index (χ0) is 12.8. The number of aryl methyl sites for hydroxylation is 1. The van der Waals surface area contributed by atoms with Gasteiger partial charge in [0.2, 0.25) is 5.91 Å². The van der Waals surface area contributed by atoms with Crippen LogP contribution in [0.2, 0.25) is 0 Å². The Bertz CT molecular complexity index is 531. The van der Waals surface area contributed by atoms with Crippen LogP contribution in [-0.4, -0.2) is 21.6 Å². The van der Waals surface area contributed by atoms with Gasteiger partial charge in [-0.2, -0.15) is 0 Å². The summed E-state index contributed by atoms with van der Waals surface area (Å²) >= 11 is 1.33. The third kappa shape index (κ3) is 3.85. The quantitative estimate of drug-likeness (QED) is 0.677. The van der Waals surface area contributed by atoms with Gasteiger partial charge in [-0.25, -0.2) is 9.97 Å². The molecule has 2 aromatic rings. The minimum absolute atomic E-state index is 0.0590. The molecule has 1 aromatic carbocycles. The van der Waals surface area contributed by atoms with Crippen molar-refractivity contribution in [3.63, 3.8) is 0 Å². The summed E-state index contributed by atoms with van der Waals surface area (Å²) in [4.78, 5) is 20.0. The maximum absolute atomic E-state index is 11.7. The number of amides is 1. The zero-order valence-corrected chi connectivity index (χ0v) is 10.8. The van der Waals surface area contributed by atoms with Gasteiger partial charge in [-0.3, -0.25) is 4.79 Å². The summed E-state index contributed by atoms with van der Waals surface area (Å²) in [7, 11) is 0. The lowest BCUT2D eigenvalue weighted by molar-refractivity contribution is -0.113. The summed E-state index contributed by atoms with van der Waals surface area (Å²) < 4.78 is 0. The highest BCUT2D eigenvalue weighted by Gasteiger charge is 2.05. The van der Waals surface area contributed by atoms with Crippen LogP contribution in [0, 0.1) is 6.92 Å². The highest BCUT2D eigenvalue weighted by atomic mass is 32.2. The third-order valence-corrected chi connectivity index (χ3v) is 3.02. The second-order valence-electron chi connectivity index (χ2n) is 3.68. The standard InChI is InChI=1S/C13H13N3OS/c1-10-7-8-14-13(15-10)18-9-12(17)16-11-5-3-2-4-6-11/h2-8H,9H2,1H3,(H,16,17). The number of anilines is 1. The predicted octanol–water partition coefficient (Wildman–Crippen LogP) is 2.52. The van der Waals surface area contributed by atoms with Gasteiger partial charge in [0.15, 0.2) is 5.16 Å². The van der Waals surface area contributed by atoms with Crippen molar-refractivity contribution in [1.82, 2.24) is 9.97 Å². The SMILES string of the molecule is Cc1ccnc(SCC(=O)Nc2ccccc2)n1. The summed E-state index contributed by atoms with van der Waals surface area (Å²) in [5.41, 5.74) is 1.70. The van der Waals surface area contributed by atoms with Crippen molar-refractivity contribution >= 4 is 23.4 Å². The Morgan fingerprint density at radius 1 is 1.28 bits per heavy atom. The van der Waals surface area contributed by atoms with E-state index in [0.29, 0.717) is 10.9 Å². The molecular formula is C13H13N3OS. The van der Waals surface area contributed by atoms with Gasteiger partial charge in [-0.1, -0.05) is 30.0 Å². The monoisotopic (exact) mass is 259 g/mol. The van der Waals surface area contributed by atoms with E-state index in [2.05, 4.69) is 15.3 Å². The molecule has 0 radical (unpaired) electrons. The van der Waals surface area contributed by atoms with Gasteiger partial charge in [0, 0.05) is 17.6 Å². The normalized spacial score (nSPS) is 10.1. The molecule has 0 aliphatic rings. The van der Waals surface area contributed by atoms with Crippen LogP contribution in [0.15, 0.2) is 47.8 Å². The molecule has 1 amide bonds. The van der Waals surface area contributed by atoms with E-state index in [9.17, 15) is 4.79 Å². The van der Waals surface area contributed by atoms with E-state index in [4.69, 9.17) is 0 Å². The zero-order valence-electron chi connectivity index (χ0n) is 9.96. The lowest BCUT2D eigenvalue weighted by Gasteiger charge is -2.04. The second-order valence-corrected chi connectivity index (χ2v) is 4.63. The van der Waals surface area contributed by atoms with Crippen LogP contribution < -0.4 is 5.32 Å². The number of thioether (sulfide) groups is 1. The number of aromatic nitrogens is 2. The van der Waals surface area contributed by atoms with Crippen molar-refractivity contribution in [2.24, 2.45) is 0 Å². The van der Waals surface area contributed by atoms with Crippen LogP contribution >= 0.6 is 11.8 Å². The molecular weight excluding hydrogens is 246 g/mol. The van der Waals surface area contributed by atoms with E-state index in [-0.39, 0.29) is 5.91 Å². The smallest absolute Gasteiger partial charge is 0.234 e. The third-order valence-electron chi connectivity index (χ3n) is 2.16. The number of benzene rings is 1. The number of hydrogen-bond acceptors (Lipinski definition) is 4. The summed E-state index contributed by atoms with van der Waals surface area (Å²) in [6, 6.07) is 11.2. The van der Waals surface area contributed by atoms with Crippen LogP contribution in [0.5, 0.6) is 0 Å². The van der Waals surface area contributed by atoms with Crippen LogP contribution in [0.4, 0.5) is 5.69 Å². The van der Waals surface area contributed by atoms with Gasteiger partial charge in [-0.05, 0) is 25.1 Å². The lowest BCUT2D eigenvalue weighted by Crippen LogP contribution is -2.14. The molecule has 0 bridgehead atoms. The van der Waals surface area contributed by atoms with Crippen molar-refractivity contribution < 1.29 is 4.79 Å². The maximum Gasteiger partial charge on any atom is 0.234 e. The Morgan fingerprint density at radius 2 is 2.06 bits per heavy atom. The fourth-order valence-corrected chi connectivity index (χ4v) is 2.02. The second kappa shape index (κ2) is 6.16. The Hall–Kier alpha value is -1.88. The number of para-hydroxylation sites is 1. The van der Waals surface area contributed by atoms with Crippen LogP contribution in [0.25, 0.3) is 0 Å². The minimum atomic E-state index is -0.0590. The van der Waals surface area contributed by atoms with E-state index < -0.39 is 0 Å². The molecule has 0 fully saturated rings. The van der Waals surface area contributed by atoms with Crippen molar-refractivity contribution in [2.45, 2.75) is 12.1 Å². The number of nitrogens with one attached hydrogen (secondary N) is 1. The topological polar surface area (TPSA) is 54.9 Å². The predicted molar refractivity (Wildman–Crippen MR) is 72.6 cm³/mol. The molecule has 92 valence electrons. The largest absolute Gasteiger partial charge is 0.325 e. The average molecular weight is 259 g/mol. The number of rotatable bonds is 4. The Labute approximate surface area is 110 Å². The molecule has 1 N–H and O–H groups in total. The number of nitrogens with zero attached hydrogens (tertiary/aromatic N) is 2. The van der Waals surface area contributed by atoms with Gasteiger partial charge in [0.1, 0.15) is 0 Å². The molecule has 4 nitrogen and oxygen atoms in total. The number of hydrogen-bond donors (Lipinski definition) is 1. The summed E-state index contributed by atoms with van der Waals surface area (Å²) in [5, 5.41) is 3.43. The summed E-state index contributed by atoms with van der Waals surface area (Å²) in [6.45, 7) is 1.90. The van der Waals surface area contributed by atoms with Crippen LogP contribution in [0.3, 0.4) is 0 Å². The van der Waals surface area contributed by atoms with E-state index >= 15 is 0 Å². The lowest BCUT2D eigenvalue weighted by atomic mass is 10.3. The first-order valence-electron chi connectivity index (χ1n) is 5.51. The molecule has 18 heavy (non-hydrogen) atoms. The van der Waals surface area contributed by atoms with E-state index in [1.807, 2.05) is 43.3 Å². The highest BCUT2D eigenvalue weighted by Crippen LogP contribution is 2.13. The number of carbonyl (C=O) groups is 1. The molecule has 2 rings (SSSR count). The van der Waals surface area contributed by atoms with E-state index in [1.165, 1.54) is 11.8 Å². The molecule has 0 saturated heterocycles. The Kier molecular flexibility index (Phi) is 4.30. The molecule has 1 aromatic heterocycles. The van der Waals surface area contributed by atoms with Crippen molar-refractivity contribution in [3.8, 4) is 0 Å². The molecule has 0 spiro atoms. The van der Waals surface area contributed by atoms with Gasteiger partial charge < -0.3 is 5.32 Å². The molecule has 0 saturated carbocycles. The molecule has 0 aliphatic heterocycles. The van der Waals surface area contributed by atoms with Crippen molar-refractivity contribution in [2.75, 3.05) is 11.1 Å². The van der Waals surface area contributed by atoms with Crippen LogP contribution in [-0.2, 0) is 4.79 Å². The van der Waals surface area contributed by atoms with Gasteiger partial charge in [0.25, 0.3) is 0 Å². The van der Waals surface area contributed by atoms with E-state index in [1.54, 1.807) is 6.20 Å². The first kappa shape index (κ1) is 12.6. The highest BCUT2D eigenvalue weighted by molar-refractivity contribution is 7.99. The van der Waals surface area contributed by atoms with Gasteiger partial charge in [-0.15, -0.1) is 0 Å². The Morgan fingerprint density at radius 3 is 2.78 bits per heavy atom. The van der Waals surface area contributed by atoms with Gasteiger partial charge >= 0.3 is 0 Å². The fourth-order valence-electron chi connectivity index (χ4n) is 1.34. The van der Waals surface area contributed by atoms with E-state index in [0.717, 1.165) is 11.4 Å². The van der Waals surface area contributed by atoms with Crippen molar-refractivity contribution in [3.05, 3.63) is 48.3 Å². The first-order chi connectivity index (χ1) is 8.74. The molecule has 0 atom stereocenters. The molecule has 0 aliphatic carbocycles. The van der Waals surface area contributed by atoms with Crippen molar-refractivity contribution in [1.29, 1.82) is 0 Å². The number of carbonyl (C=O) groups excluding carboxylic acids is 1. The summed E-state index contributed by atoms with van der Waals surface area (Å²) in [5.74, 6) is 0.245. The molecule has 0 unspecified atom stereocenters. The minimum Gasteiger partial charge on any atom is -0.325 e. The molecule has 1 heterocycles. The average Bonchev–Trinajstić information content (AvgIpc) is 2.38. The summed E-state index contributed by atoms with van der Waals surface area (Å²) in [6.07, 6.45) is 1.69. The fraction of sp³-hybridized carbons (Fsp3) is 0.154. The molecule has 5 heteroatoms.